The van der Waals surface area contributed by atoms with Crippen LogP contribution in [0.25, 0.3) is 0 Å². The highest BCUT2D eigenvalue weighted by atomic mass is 32.2. The second kappa shape index (κ2) is 4.71. The molecule has 1 aromatic rings. The van der Waals surface area contributed by atoms with Gasteiger partial charge in [0.15, 0.2) is 16.9 Å². The number of benzene rings is 1. The molecule has 0 aliphatic rings. The third kappa shape index (κ3) is 2.28. The number of methoxy groups -OCH3 is 2. The summed E-state index contributed by atoms with van der Waals surface area (Å²) in [5.41, 5.74) is -1.45. The third-order valence-electron chi connectivity index (χ3n) is 2.13. The van der Waals surface area contributed by atoms with E-state index < -0.39 is 15.3 Å². The zero-order chi connectivity index (χ0) is 12.3. The molecule has 5 nitrogen and oxygen atoms in total. The Morgan fingerprint density at radius 2 is 1.75 bits per heavy atom. The molecule has 0 radical (unpaired) electrons. The van der Waals surface area contributed by atoms with Gasteiger partial charge >= 0.3 is 0 Å². The van der Waals surface area contributed by atoms with Gasteiger partial charge in [-0.3, -0.25) is 0 Å². The van der Waals surface area contributed by atoms with E-state index in [1.807, 2.05) is 0 Å². The Kier molecular flexibility index (Phi) is 3.77. The first kappa shape index (κ1) is 12.8. The number of sulfone groups is 1. The number of aliphatic hydroxyl groups is 1. The molecule has 0 heterocycles. The summed E-state index contributed by atoms with van der Waals surface area (Å²) in [5.74, 6) is 0.747. The van der Waals surface area contributed by atoms with Crippen LogP contribution in [0.4, 0.5) is 0 Å². The molecule has 1 unspecified atom stereocenters. The van der Waals surface area contributed by atoms with Crippen molar-refractivity contribution < 1.29 is 23.0 Å². The van der Waals surface area contributed by atoms with Crippen molar-refractivity contribution in [3.8, 4) is 11.5 Å². The minimum atomic E-state index is -3.71. The van der Waals surface area contributed by atoms with E-state index >= 15 is 0 Å². The maximum absolute atomic E-state index is 11.7. The standard InChI is InChI=1S/C10H14O5S/c1-7(11)16(12,13)8-4-5-9(14-2)10(6-8)15-3/h4-7,11H,1-3H3. The van der Waals surface area contributed by atoms with E-state index in [2.05, 4.69) is 0 Å². The zero-order valence-corrected chi connectivity index (χ0v) is 10.1. The molecule has 0 aliphatic heterocycles. The van der Waals surface area contributed by atoms with Gasteiger partial charge < -0.3 is 14.6 Å². The molecular formula is C10H14O5S. The van der Waals surface area contributed by atoms with Gasteiger partial charge in [-0.15, -0.1) is 0 Å². The predicted octanol–water partition coefficient (Wildman–Crippen LogP) is 0.816. The molecule has 90 valence electrons. The number of hydrogen-bond donors (Lipinski definition) is 1. The van der Waals surface area contributed by atoms with Crippen LogP contribution in [0.15, 0.2) is 23.1 Å². The summed E-state index contributed by atoms with van der Waals surface area (Å²) < 4.78 is 33.3. The topological polar surface area (TPSA) is 72.8 Å². The predicted molar refractivity (Wildman–Crippen MR) is 58.4 cm³/mol. The van der Waals surface area contributed by atoms with Crippen LogP contribution in [0, 0.1) is 0 Å². The van der Waals surface area contributed by atoms with Crippen molar-refractivity contribution in [1.82, 2.24) is 0 Å². The normalized spacial score (nSPS) is 13.2. The second-order valence-electron chi connectivity index (χ2n) is 3.16. The molecule has 0 aromatic heterocycles. The van der Waals surface area contributed by atoms with Gasteiger partial charge in [0, 0.05) is 6.07 Å². The van der Waals surface area contributed by atoms with Crippen molar-refractivity contribution >= 4 is 9.84 Å². The Hall–Kier alpha value is -1.27. The molecule has 1 atom stereocenters. The minimum absolute atomic E-state index is 0.000139. The van der Waals surface area contributed by atoms with Crippen LogP contribution < -0.4 is 9.47 Å². The fourth-order valence-electron chi connectivity index (χ4n) is 1.19. The van der Waals surface area contributed by atoms with Gasteiger partial charge in [0.2, 0.25) is 9.84 Å². The first-order valence-corrected chi connectivity index (χ1v) is 6.12. The van der Waals surface area contributed by atoms with Crippen LogP contribution >= 0.6 is 0 Å². The highest BCUT2D eigenvalue weighted by molar-refractivity contribution is 7.91. The van der Waals surface area contributed by atoms with Crippen LogP contribution in [0.5, 0.6) is 11.5 Å². The van der Waals surface area contributed by atoms with Crippen LogP contribution in [0.2, 0.25) is 0 Å². The average molecular weight is 246 g/mol. The minimum Gasteiger partial charge on any atom is -0.493 e. The lowest BCUT2D eigenvalue weighted by Crippen LogP contribution is -2.16. The molecule has 1 rings (SSSR count). The van der Waals surface area contributed by atoms with Crippen LogP contribution in [-0.4, -0.2) is 33.2 Å². The lowest BCUT2D eigenvalue weighted by molar-refractivity contribution is 0.268. The van der Waals surface area contributed by atoms with Gasteiger partial charge in [0.05, 0.1) is 19.1 Å². The van der Waals surface area contributed by atoms with Crippen LogP contribution in [-0.2, 0) is 9.84 Å². The van der Waals surface area contributed by atoms with Gasteiger partial charge in [0.25, 0.3) is 0 Å². The molecule has 0 spiro atoms. The summed E-state index contributed by atoms with van der Waals surface area (Å²) >= 11 is 0. The molecule has 16 heavy (non-hydrogen) atoms. The van der Waals surface area contributed by atoms with E-state index in [9.17, 15) is 8.42 Å². The van der Waals surface area contributed by atoms with Crippen molar-refractivity contribution in [1.29, 1.82) is 0 Å². The van der Waals surface area contributed by atoms with E-state index in [0.29, 0.717) is 11.5 Å². The van der Waals surface area contributed by atoms with Crippen molar-refractivity contribution in [2.45, 2.75) is 17.3 Å². The molecule has 0 saturated heterocycles. The monoisotopic (exact) mass is 246 g/mol. The molecule has 0 bridgehead atoms. The van der Waals surface area contributed by atoms with Crippen molar-refractivity contribution in [2.75, 3.05) is 14.2 Å². The fourth-order valence-corrected chi connectivity index (χ4v) is 2.11. The van der Waals surface area contributed by atoms with Gasteiger partial charge in [-0.2, -0.15) is 0 Å². The first-order chi connectivity index (χ1) is 7.43. The van der Waals surface area contributed by atoms with Gasteiger partial charge in [-0.1, -0.05) is 0 Å². The Balaban J connectivity index is 3.29. The maximum Gasteiger partial charge on any atom is 0.204 e. The Morgan fingerprint density at radius 1 is 1.19 bits per heavy atom. The summed E-state index contributed by atoms with van der Waals surface area (Å²) in [7, 11) is -0.842. The van der Waals surface area contributed by atoms with Gasteiger partial charge in [-0.25, -0.2) is 8.42 Å². The third-order valence-corrected chi connectivity index (χ3v) is 3.94. The Morgan fingerprint density at radius 3 is 2.19 bits per heavy atom. The number of aliphatic hydroxyl groups excluding tert-OH is 1. The number of rotatable bonds is 4. The summed E-state index contributed by atoms with van der Waals surface area (Å²) in [6.45, 7) is 1.20. The Labute approximate surface area is 94.5 Å². The molecule has 0 amide bonds. The molecule has 0 fully saturated rings. The van der Waals surface area contributed by atoms with E-state index in [1.165, 1.54) is 39.3 Å². The van der Waals surface area contributed by atoms with Crippen LogP contribution in [0.3, 0.4) is 0 Å². The number of ether oxygens (including phenoxy) is 2. The first-order valence-electron chi connectivity index (χ1n) is 4.57. The van der Waals surface area contributed by atoms with E-state index in [-0.39, 0.29) is 4.90 Å². The SMILES string of the molecule is COc1ccc(S(=O)(=O)C(C)O)cc1OC. The van der Waals surface area contributed by atoms with E-state index in [0.717, 1.165) is 0 Å². The molecule has 1 N–H and O–H groups in total. The maximum atomic E-state index is 11.7. The largest absolute Gasteiger partial charge is 0.493 e. The zero-order valence-electron chi connectivity index (χ0n) is 9.30. The van der Waals surface area contributed by atoms with Crippen molar-refractivity contribution in [2.24, 2.45) is 0 Å². The summed E-state index contributed by atoms with van der Waals surface area (Å²) in [6.07, 6.45) is 0. The summed E-state index contributed by atoms with van der Waals surface area (Å²) in [4.78, 5) is 0.000139. The highest BCUT2D eigenvalue weighted by Crippen LogP contribution is 2.30. The molecule has 0 aliphatic carbocycles. The fraction of sp³-hybridized carbons (Fsp3) is 0.400. The molecule has 6 heteroatoms. The number of hydrogen-bond acceptors (Lipinski definition) is 5. The lowest BCUT2D eigenvalue weighted by atomic mass is 10.3. The molecule has 0 saturated carbocycles. The Bertz CT molecular complexity index is 464. The molecular weight excluding hydrogens is 232 g/mol. The van der Waals surface area contributed by atoms with Gasteiger partial charge in [0.1, 0.15) is 0 Å². The quantitative estimate of drug-likeness (QED) is 0.851. The van der Waals surface area contributed by atoms with E-state index in [1.54, 1.807) is 0 Å². The highest BCUT2D eigenvalue weighted by Gasteiger charge is 2.22. The van der Waals surface area contributed by atoms with Crippen molar-refractivity contribution in [3.63, 3.8) is 0 Å². The lowest BCUT2D eigenvalue weighted by Gasteiger charge is -2.11. The smallest absolute Gasteiger partial charge is 0.204 e. The van der Waals surface area contributed by atoms with Gasteiger partial charge in [-0.05, 0) is 19.1 Å². The average Bonchev–Trinajstić information content (AvgIpc) is 2.27. The second-order valence-corrected chi connectivity index (χ2v) is 5.40. The summed E-state index contributed by atoms with van der Waals surface area (Å²) in [6, 6.07) is 4.17. The molecule has 1 aromatic carbocycles. The van der Waals surface area contributed by atoms with Crippen molar-refractivity contribution in [3.05, 3.63) is 18.2 Å². The van der Waals surface area contributed by atoms with E-state index in [4.69, 9.17) is 14.6 Å². The van der Waals surface area contributed by atoms with Crippen LogP contribution in [0.1, 0.15) is 6.92 Å². The summed E-state index contributed by atoms with van der Waals surface area (Å²) in [5, 5.41) is 9.16.